The molecule has 4 nitrogen and oxygen atoms in total. The summed E-state index contributed by atoms with van der Waals surface area (Å²) in [6, 6.07) is 1.49. The molecule has 0 radical (unpaired) electrons. The zero-order valence-electron chi connectivity index (χ0n) is 12.6. The van der Waals surface area contributed by atoms with E-state index >= 15 is 0 Å². The maximum absolute atomic E-state index is 12.1. The highest BCUT2D eigenvalue weighted by atomic mass is 16.1. The molecule has 2 rings (SSSR count). The molecular formula is C15H29N3O. The lowest BCUT2D eigenvalue weighted by Gasteiger charge is -2.36. The second-order valence-corrected chi connectivity index (χ2v) is 6.72. The molecule has 0 aromatic rings. The van der Waals surface area contributed by atoms with E-state index in [0.29, 0.717) is 18.4 Å². The second-order valence-electron chi connectivity index (χ2n) is 6.72. The van der Waals surface area contributed by atoms with Gasteiger partial charge >= 0.3 is 0 Å². The minimum Gasteiger partial charge on any atom is -0.356 e. The minimum absolute atomic E-state index is 0.0389. The minimum atomic E-state index is -0.0389. The molecule has 110 valence electrons. The van der Waals surface area contributed by atoms with E-state index < -0.39 is 0 Å². The van der Waals surface area contributed by atoms with Crippen molar-refractivity contribution in [1.29, 1.82) is 0 Å². The molecule has 2 aliphatic rings. The first kappa shape index (κ1) is 14.8. The number of piperidine rings is 1. The quantitative estimate of drug-likeness (QED) is 0.787. The third-order valence-electron chi connectivity index (χ3n) is 5.16. The third kappa shape index (κ3) is 3.29. The van der Waals surface area contributed by atoms with Crippen LogP contribution >= 0.6 is 0 Å². The van der Waals surface area contributed by atoms with Crippen LogP contribution in [-0.2, 0) is 4.79 Å². The molecule has 1 amide bonds. The summed E-state index contributed by atoms with van der Waals surface area (Å²) in [6.45, 7) is 5.41. The lowest BCUT2D eigenvalue weighted by Crippen LogP contribution is -2.45. The van der Waals surface area contributed by atoms with Crippen LogP contribution in [-0.4, -0.2) is 43.0 Å². The number of carbonyl (C=O) groups excluding carboxylic acids is 1. The molecule has 0 spiro atoms. The van der Waals surface area contributed by atoms with Crippen LogP contribution in [0.5, 0.6) is 0 Å². The van der Waals surface area contributed by atoms with Gasteiger partial charge in [0.15, 0.2) is 0 Å². The maximum Gasteiger partial charge on any atom is 0.224 e. The van der Waals surface area contributed by atoms with Gasteiger partial charge in [0.1, 0.15) is 0 Å². The molecule has 2 aliphatic heterocycles. The molecule has 2 saturated heterocycles. The van der Waals surface area contributed by atoms with Crippen LogP contribution < -0.4 is 11.1 Å². The fraction of sp³-hybridized carbons (Fsp3) is 0.933. The number of fused-ring (bicyclic) bond motifs is 2. The molecule has 0 aromatic heterocycles. The first-order valence-electron chi connectivity index (χ1n) is 7.72. The Balaban J connectivity index is 1.79. The standard InChI is InChI=1S/C15H29N3O/c1-10(2)14(8-16)15(19)17-9-11-6-12-4-5-13(7-11)18(12)3/h10-14H,4-9,16H2,1-3H3,(H,17,19). The summed E-state index contributed by atoms with van der Waals surface area (Å²) in [5.41, 5.74) is 5.69. The molecule has 3 atom stereocenters. The van der Waals surface area contributed by atoms with Gasteiger partial charge in [-0.25, -0.2) is 0 Å². The van der Waals surface area contributed by atoms with Crippen molar-refractivity contribution in [1.82, 2.24) is 10.2 Å². The Bertz CT molecular complexity index is 305. The molecular weight excluding hydrogens is 238 g/mol. The molecule has 0 aromatic carbocycles. The van der Waals surface area contributed by atoms with Gasteiger partial charge in [-0.1, -0.05) is 13.8 Å². The number of nitrogens with two attached hydrogens (primary N) is 1. The molecule has 0 saturated carbocycles. The number of amides is 1. The van der Waals surface area contributed by atoms with Gasteiger partial charge in [-0.05, 0) is 44.6 Å². The van der Waals surface area contributed by atoms with E-state index in [1.165, 1.54) is 25.7 Å². The number of hydrogen-bond donors (Lipinski definition) is 2. The Morgan fingerprint density at radius 2 is 1.89 bits per heavy atom. The average Bonchev–Trinajstić information content (AvgIpc) is 2.60. The Labute approximate surface area is 117 Å². The first-order valence-corrected chi connectivity index (χ1v) is 7.72. The van der Waals surface area contributed by atoms with Crippen molar-refractivity contribution in [2.45, 2.75) is 51.6 Å². The van der Waals surface area contributed by atoms with Gasteiger partial charge in [0.25, 0.3) is 0 Å². The van der Waals surface area contributed by atoms with Gasteiger partial charge in [-0.3, -0.25) is 4.79 Å². The molecule has 3 unspecified atom stereocenters. The average molecular weight is 267 g/mol. The van der Waals surface area contributed by atoms with Crippen molar-refractivity contribution in [3.05, 3.63) is 0 Å². The summed E-state index contributed by atoms with van der Waals surface area (Å²) in [5.74, 6) is 1.08. The number of nitrogens with one attached hydrogen (secondary N) is 1. The summed E-state index contributed by atoms with van der Waals surface area (Å²) >= 11 is 0. The third-order valence-corrected chi connectivity index (χ3v) is 5.16. The highest BCUT2D eigenvalue weighted by Crippen LogP contribution is 2.37. The highest BCUT2D eigenvalue weighted by molar-refractivity contribution is 5.79. The molecule has 2 bridgehead atoms. The first-order chi connectivity index (χ1) is 9.02. The zero-order valence-corrected chi connectivity index (χ0v) is 12.6. The Hall–Kier alpha value is -0.610. The molecule has 2 fully saturated rings. The highest BCUT2D eigenvalue weighted by Gasteiger charge is 2.38. The van der Waals surface area contributed by atoms with Crippen molar-refractivity contribution < 1.29 is 4.79 Å². The predicted octanol–water partition coefficient (Wildman–Crippen LogP) is 1.21. The fourth-order valence-electron chi connectivity index (χ4n) is 3.75. The van der Waals surface area contributed by atoms with E-state index in [1.807, 2.05) is 0 Å². The van der Waals surface area contributed by atoms with E-state index in [9.17, 15) is 4.79 Å². The van der Waals surface area contributed by atoms with Crippen molar-refractivity contribution >= 4 is 5.91 Å². The molecule has 0 aliphatic carbocycles. The van der Waals surface area contributed by atoms with E-state index in [1.54, 1.807) is 0 Å². The summed E-state index contributed by atoms with van der Waals surface area (Å²) in [4.78, 5) is 14.6. The van der Waals surface area contributed by atoms with Crippen LogP contribution in [0.4, 0.5) is 0 Å². The lowest BCUT2D eigenvalue weighted by atomic mass is 9.90. The molecule has 2 heterocycles. The second kappa shape index (κ2) is 6.23. The fourth-order valence-corrected chi connectivity index (χ4v) is 3.75. The van der Waals surface area contributed by atoms with Crippen LogP contribution in [0.25, 0.3) is 0 Å². The molecule has 3 N–H and O–H groups in total. The van der Waals surface area contributed by atoms with Crippen molar-refractivity contribution in [2.24, 2.45) is 23.5 Å². The largest absolute Gasteiger partial charge is 0.356 e. The maximum atomic E-state index is 12.1. The van der Waals surface area contributed by atoms with Gasteiger partial charge < -0.3 is 16.0 Å². The molecule has 4 heteroatoms. The van der Waals surface area contributed by atoms with Gasteiger partial charge in [-0.15, -0.1) is 0 Å². The van der Waals surface area contributed by atoms with Crippen LogP contribution in [0.2, 0.25) is 0 Å². The van der Waals surface area contributed by atoms with E-state index in [-0.39, 0.29) is 11.8 Å². The summed E-state index contributed by atoms with van der Waals surface area (Å²) in [6.07, 6.45) is 5.15. The van der Waals surface area contributed by atoms with Gasteiger partial charge in [0, 0.05) is 25.2 Å². The summed E-state index contributed by atoms with van der Waals surface area (Å²) in [5, 5.41) is 3.13. The number of hydrogen-bond acceptors (Lipinski definition) is 3. The van der Waals surface area contributed by atoms with Crippen LogP contribution in [0.3, 0.4) is 0 Å². The van der Waals surface area contributed by atoms with Gasteiger partial charge in [-0.2, -0.15) is 0 Å². The van der Waals surface area contributed by atoms with Gasteiger partial charge in [0.2, 0.25) is 5.91 Å². The topological polar surface area (TPSA) is 58.4 Å². The van der Waals surface area contributed by atoms with Crippen molar-refractivity contribution in [2.75, 3.05) is 20.1 Å². The summed E-state index contributed by atoms with van der Waals surface area (Å²) < 4.78 is 0. The normalized spacial score (nSPS) is 32.6. The Kier molecular flexibility index (Phi) is 4.85. The van der Waals surface area contributed by atoms with Crippen LogP contribution in [0.15, 0.2) is 0 Å². The number of nitrogens with zero attached hydrogens (tertiary/aromatic N) is 1. The van der Waals surface area contributed by atoms with E-state index in [2.05, 4.69) is 31.1 Å². The monoisotopic (exact) mass is 267 g/mol. The predicted molar refractivity (Wildman–Crippen MR) is 77.7 cm³/mol. The zero-order chi connectivity index (χ0) is 14.0. The Morgan fingerprint density at radius 1 is 1.32 bits per heavy atom. The number of rotatable bonds is 5. The SMILES string of the molecule is CC(C)C(CN)C(=O)NCC1CC2CCC(C1)N2C. The van der Waals surface area contributed by atoms with E-state index in [4.69, 9.17) is 5.73 Å². The van der Waals surface area contributed by atoms with Gasteiger partial charge in [0.05, 0.1) is 5.92 Å². The molecule has 19 heavy (non-hydrogen) atoms. The van der Waals surface area contributed by atoms with Crippen molar-refractivity contribution in [3.8, 4) is 0 Å². The smallest absolute Gasteiger partial charge is 0.224 e. The Morgan fingerprint density at radius 3 is 2.37 bits per heavy atom. The number of carbonyl (C=O) groups is 1. The lowest BCUT2D eigenvalue weighted by molar-refractivity contribution is -0.126. The van der Waals surface area contributed by atoms with E-state index in [0.717, 1.165) is 18.6 Å². The van der Waals surface area contributed by atoms with Crippen LogP contribution in [0, 0.1) is 17.8 Å². The summed E-state index contributed by atoms with van der Waals surface area (Å²) in [7, 11) is 2.25. The van der Waals surface area contributed by atoms with Crippen molar-refractivity contribution in [3.63, 3.8) is 0 Å². The van der Waals surface area contributed by atoms with Crippen LogP contribution in [0.1, 0.15) is 39.5 Å².